The van der Waals surface area contributed by atoms with Gasteiger partial charge in [-0.25, -0.2) is 4.68 Å². The molecule has 0 unspecified atom stereocenters. The molecule has 4 heteroatoms. The fourth-order valence-electron chi connectivity index (χ4n) is 3.20. The Balaban J connectivity index is 1.94. The van der Waals surface area contributed by atoms with Gasteiger partial charge in [-0.2, -0.15) is 5.10 Å². The first-order chi connectivity index (χ1) is 14.1. The van der Waals surface area contributed by atoms with Gasteiger partial charge in [0.25, 0.3) is 0 Å². The first-order valence-corrected chi connectivity index (χ1v) is 10.3. The number of rotatable bonds is 8. The summed E-state index contributed by atoms with van der Waals surface area (Å²) in [6, 6.07) is 18.3. The van der Waals surface area contributed by atoms with E-state index in [4.69, 9.17) is 5.10 Å². The second kappa shape index (κ2) is 9.87. The fraction of sp³-hybridized carbons (Fsp3) is 0.280. The highest BCUT2D eigenvalue weighted by atomic mass is 16.2. The second-order valence-corrected chi connectivity index (χ2v) is 7.18. The van der Waals surface area contributed by atoms with Crippen molar-refractivity contribution in [2.75, 3.05) is 13.1 Å². The molecule has 150 valence electrons. The van der Waals surface area contributed by atoms with Gasteiger partial charge in [0.2, 0.25) is 5.91 Å². The molecule has 1 heterocycles. The Hall–Kier alpha value is -3.14. The highest BCUT2D eigenvalue weighted by Crippen LogP contribution is 2.25. The third-order valence-electron chi connectivity index (χ3n) is 4.97. The fourth-order valence-corrected chi connectivity index (χ4v) is 3.20. The van der Waals surface area contributed by atoms with Crippen LogP contribution in [0.5, 0.6) is 0 Å². The average molecular weight is 388 g/mol. The molecule has 0 fully saturated rings. The zero-order valence-electron chi connectivity index (χ0n) is 17.5. The van der Waals surface area contributed by atoms with Gasteiger partial charge in [0.15, 0.2) is 0 Å². The van der Waals surface area contributed by atoms with Crippen LogP contribution in [0.25, 0.3) is 23.0 Å². The summed E-state index contributed by atoms with van der Waals surface area (Å²) >= 11 is 0. The van der Waals surface area contributed by atoms with E-state index in [2.05, 4.69) is 38.1 Å². The van der Waals surface area contributed by atoms with E-state index in [0.717, 1.165) is 48.4 Å². The number of carbonyl (C=O) groups excluding carboxylic acids is 1. The third-order valence-corrected chi connectivity index (χ3v) is 4.97. The molecule has 0 atom stereocenters. The first-order valence-electron chi connectivity index (χ1n) is 10.3. The molecule has 0 saturated heterocycles. The molecule has 0 spiro atoms. The summed E-state index contributed by atoms with van der Waals surface area (Å²) in [5.41, 5.74) is 5.03. The lowest BCUT2D eigenvalue weighted by Crippen LogP contribution is -2.30. The minimum absolute atomic E-state index is 0.0447. The van der Waals surface area contributed by atoms with Gasteiger partial charge in [-0.05, 0) is 38.5 Å². The van der Waals surface area contributed by atoms with Crippen molar-refractivity contribution in [3.8, 4) is 16.9 Å². The summed E-state index contributed by atoms with van der Waals surface area (Å²) in [5, 5.41) is 4.81. The smallest absolute Gasteiger partial charge is 0.246 e. The first kappa shape index (κ1) is 20.6. The summed E-state index contributed by atoms with van der Waals surface area (Å²) in [5.74, 6) is 0.0447. The molecule has 0 aliphatic heterocycles. The minimum Gasteiger partial charge on any atom is -0.339 e. The van der Waals surface area contributed by atoms with Crippen LogP contribution in [-0.2, 0) is 4.79 Å². The molecule has 3 rings (SSSR count). The van der Waals surface area contributed by atoms with Gasteiger partial charge in [0, 0.05) is 36.5 Å². The van der Waals surface area contributed by atoms with Crippen molar-refractivity contribution in [3.63, 3.8) is 0 Å². The Morgan fingerprint density at radius 3 is 2.45 bits per heavy atom. The van der Waals surface area contributed by atoms with Crippen molar-refractivity contribution in [2.24, 2.45) is 0 Å². The van der Waals surface area contributed by atoms with Crippen LogP contribution < -0.4 is 0 Å². The molecule has 1 amide bonds. The Labute approximate surface area is 173 Å². The minimum atomic E-state index is 0.0447. The van der Waals surface area contributed by atoms with Gasteiger partial charge >= 0.3 is 0 Å². The molecular weight excluding hydrogens is 358 g/mol. The Bertz CT molecular complexity index is 955. The van der Waals surface area contributed by atoms with Gasteiger partial charge in [-0.1, -0.05) is 61.4 Å². The molecule has 0 bridgehead atoms. The third kappa shape index (κ3) is 5.23. The van der Waals surface area contributed by atoms with E-state index in [1.54, 1.807) is 6.08 Å². The van der Waals surface area contributed by atoms with E-state index in [-0.39, 0.29) is 5.91 Å². The number of hydrogen-bond acceptors (Lipinski definition) is 2. The quantitative estimate of drug-likeness (QED) is 0.478. The maximum absolute atomic E-state index is 12.6. The van der Waals surface area contributed by atoms with E-state index in [1.807, 2.05) is 59.1 Å². The second-order valence-electron chi connectivity index (χ2n) is 7.18. The predicted octanol–water partition coefficient (Wildman–Crippen LogP) is 5.51. The SMILES string of the molecule is CCCCN(CC)C(=O)C=Cc1cn(-c2ccccc2)nc1-c1ccc(C)cc1. The average Bonchev–Trinajstić information content (AvgIpc) is 3.18. The van der Waals surface area contributed by atoms with Crippen LogP contribution in [0, 0.1) is 6.92 Å². The normalized spacial score (nSPS) is 11.1. The number of nitrogens with zero attached hydrogens (tertiary/aromatic N) is 3. The number of aromatic nitrogens is 2. The molecule has 0 aliphatic carbocycles. The van der Waals surface area contributed by atoms with Gasteiger partial charge < -0.3 is 4.90 Å². The Kier molecular flexibility index (Phi) is 7.01. The molecule has 3 aromatic rings. The van der Waals surface area contributed by atoms with E-state index >= 15 is 0 Å². The highest BCUT2D eigenvalue weighted by Gasteiger charge is 2.12. The molecule has 29 heavy (non-hydrogen) atoms. The van der Waals surface area contributed by atoms with E-state index in [1.165, 1.54) is 5.56 Å². The van der Waals surface area contributed by atoms with Gasteiger partial charge in [-0.15, -0.1) is 0 Å². The number of unbranched alkanes of at least 4 members (excludes halogenated alkanes) is 1. The van der Waals surface area contributed by atoms with Crippen LogP contribution in [0.1, 0.15) is 37.8 Å². The van der Waals surface area contributed by atoms with E-state index < -0.39 is 0 Å². The van der Waals surface area contributed by atoms with Crippen molar-refractivity contribution in [2.45, 2.75) is 33.6 Å². The number of benzene rings is 2. The standard InChI is InChI=1S/C25H29N3O/c1-4-6-18-27(5-2)24(29)17-16-22-19-28(23-10-8-7-9-11-23)26-25(22)21-14-12-20(3)13-15-21/h7-17,19H,4-6,18H2,1-3H3. The van der Waals surface area contributed by atoms with Crippen LogP contribution >= 0.6 is 0 Å². The van der Waals surface area contributed by atoms with E-state index in [0.29, 0.717) is 0 Å². The Morgan fingerprint density at radius 2 is 1.79 bits per heavy atom. The molecule has 0 aliphatic rings. The summed E-state index contributed by atoms with van der Waals surface area (Å²) in [7, 11) is 0. The van der Waals surface area contributed by atoms with Gasteiger partial charge in [-0.3, -0.25) is 4.79 Å². The number of amides is 1. The summed E-state index contributed by atoms with van der Waals surface area (Å²) in [4.78, 5) is 14.5. The summed E-state index contributed by atoms with van der Waals surface area (Å²) < 4.78 is 1.87. The zero-order valence-corrected chi connectivity index (χ0v) is 17.5. The van der Waals surface area contributed by atoms with Crippen LogP contribution in [0.2, 0.25) is 0 Å². The maximum Gasteiger partial charge on any atom is 0.246 e. The van der Waals surface area contributed by atoms with Crippen LogP contribution in [-0.4, -0.2) is 33.7 Å². The van der Waals surface area contributed by atoms with Crippen molar-refractivity contribution >= 4 is 12.0 Å². The summed E-state index contributed by atoms with van der Waals surface area (Å²) in [6.07, 6.45) is 7.64. The highest BCUT2D eigenvalue weighted by molar-refractivity contribution is 5.92. The predicted molar refractivity (Wildman–Crippen MR) is 120 cm³/mol. The van der Waals surface area contributed by atoms with Crippen molar-refractivity contribution in [1.82, 2.24) is 14.7 Å². The van der Waals surface area contributed by atoms with Crippen molar-refractivity contribution < 1.29 is 4.79 Å². The topological polar surface area (TPSA) is 38.1 Å². The zero-order chi connectivity index (χ0) is 20.6. The Morgan fingerprint density at radius 1 is 1.07 bits per heavy atom. The largest absolute Gasteiger partial charge is 0.339 e. The molecular formula is C25H29N3O. The maximum atomic E-state index is 12.6. The number of para-hydroxylation sites is 1. The van der Waals surface area contributed by atoms with Gasteiger partial charge in [0.05, 0.1) is 11.4 Å². The molecule has 4 nitrogen and oxygen atoms in total. The van der Waals surface area contributed by atoms with Crippen molar-refractivity contribution in [3.05, 3.63) is 78.0 Å². The lowest BCUT2D eigenvalue weighted by molar-refractivity contribution is -0.125. The van der Waals surface area contributed by atoms with E-state index in [9.17, 15) is 4.79 Å². The molecule has 0 saturated carbocycles. The number of aryl methyl sites for hydroxylation is 1. The lowest BCUT2D eigenvalue weighted by atomic mass is 10.1. The number of carbonyl (C=O) groups is 1. The summed E-state index contributed by atoms with van der Waals surface area (Å²) in [6.45, 7) is 7.75. The van der Waals surface area contributed by atoms with Gasteiger partial charge in [0.1, 0.15) is 0 Å². The molecule has 2 aromatic carbocycles. The van der Waals surface area contributed by atoms with Crippen LogP contribution in [0.4, 0.5) is 0 Å². The molecule has 0 N–H and O–H groups in total. The van der Waals surface area contributed by atoms with Crippen molar-refractivity contribution in [1.29, 1.82) is 0 Å². The molecule has 0 radical (unpaired) electrons. The lowest BCUT2D eigenvalue weighted by Gasteiger charge is -2.18. The molecule has 1 aromatic heterocycles. The van der Waals surface area contributed by atoms with Crippen LogP contribution in [0.15, 0.2) is 66.9 Å². The number of hydrogen-bond donors (Lipinski definition) is 0. The van der Waals surface area contributed by atoms with Crippen LogP contribution in [0.3, 0.4) is 0 Å². The monoisotopic (exact) mass is 387 g/mol. The number of likely N-dealkylation sites (N-methyl/N-ethyl adjacent to an activating group) is 1.